The summed E-state index contributed by atoms with van der Waals surface area (Å²) < 4.78 is 1.99. The zero-order valence-corrected chi connectivity index (χ0v) is 10.4. The quantitative estimate of drug-likeness (QED) is 0.808. The molecule has 2 aromatic rings. The topological polar surface area (TPSA) is 42.7 Å². The van der Waals surface area contributed by atoms with E-state index < -0.39 is 0 Å². The fourth-order valence-corrected chi connectivity index (χ4v) is 2.39. The Morgan fingerprint density at radius 2 is 2.31 bits per heavy atom. The molecule has 1 N–H and O–H groups in total. The van der Waals surface area contributed by atoms with Crippen LogP contribution in [0.15, 0.2) is 18.7 Å². The van der Waals surface area contributed by atoms with Crippen molar-refractivity contribution in [2.45, 2.75) is 19.9 Å². The van der Waals surface area contributed by atoms with Gasteiger partial charge < -0.3 is 9.88 Å². The molecule has 0 saturated heterocycles. The van der Waals surface area contributed by atoms with Gasteiger partial charge in [-0.05, 0) is 13.0 Å². The minimum absolute atomic E-state index is 0.906. The van der Waals surface area contributed by atoms with Gasteiger partial charge in [0, 0.05) is 24.7 Å². The Bertz CT molecular complexity index is 446. The molecule has 0 aliphatic carbocycles. The molecule has 0 atom stereocenters. The van der Waals surface area contributed by atoms with Crippen LogP contribution >= 0.6 is 11.3 Å². The molecule has 2 rings (SSSR count). The van der Waals surface area contributed by atoms with Gasteiger partial charge in [-0.25, -0.2) is 9.97 Å². The number of aromatic nitrogens is 3. The van der Waals surface area contributed by atoms with E-state index in [1.807, 2.05) is 24.0 Å². The summed E-state index contributed by atoms with van der Waals surface area (Å²) in [6.07, 6.45) is 6.75. The van der Waals surface area contributed by atoms with E-state index in [2.05, 4.69) is 22.2 Å². The average molecular weight is 236 g/mol. The van der Waals surface area contributed by atoms with Crippen LogP contribution in [-0.4, -0.2) is 21.1 Å². The van der Waals surface area contributed by atoms with Crippen LogP contribution < -0.4 is 5.32 Å². The summed E-state index contributed by atoms with van der Waals surface area (Å²) >= 11 is 1.72. The number of nitrogens with zero attached hydrogens (tertiary/aromatic N) is 3. The third kappa shape index (κ3) is 2.48. The summed E-state index contributed by atoms with van der Waals surface area (Å²) in [6.45, 7) is 4.13. The Balaban J connectivity index is 2.05. The lowest BCUT2D eigenvalue weighted by molar-refractivity contribution is 0.681. The average Bonchev–Trinajstić information content (AvgIpc) is 2.87. The normalized spacial score (nSPS) is 10.9. The van der Waals surface area contributed by atoms with Crippen LogP contribution in [-0.2, 0) is 13.6 Å². The first-order chi connectivity index (χ1) is 7.81. The van der Waals surface area contributed by atoms with E-state index in [0.717, 1.165) is 30.2 Å². The summed E-state index contributed by atoms with van der Waals surface area (Å²) in [6, 6.07) is 0. The fourth-order valence-electron chi connectivity index (χ4n) is 1.46. The molecular weight excluding hydrogens is 220 g/mol. The molecule has 0 aromatic carbocycles. The van der Waals surface area contributed by atoms with Crippen molar-refractivity contribution in [3.05, 3.63) is 23.6 Å². The molecule has 16 heavy (non-hydrogen) atoms. The fraction of sp³-hybridized carbons (Fsp3) is 0.455. The summed E-state index contributed by atoms with van der Waals surface area (Å²) in [7, 11) is 1.98. The Kier molecular flexibility index (Phi) is 3.69. The molecule has 0 radical (unpaired) electrons. The van der Waals surface area contributed by atoms with Gasteiger partial charge in [0.2, 0.25) is 0 Å². The van der Waals surface area contributed by atoms with E-state index in [9.17, 15) is 0 Å². The second kappa shape index (κ2) is 5.23. The molecule has 0 saturated carbocycles. The Morgan fingerprint density at radius 3 is 3.00 bits per heavy atom. The molecule has 0 aliphatic rings. The number of imidazole rings is 1. The first kappa shape index (κ1) is 11.3. The molecule has 0 aliphatic heterocycles. The number of hydrogen-bond acceptors (Lipinski definition) is 4. The van der Waals surface area contributed by atoms with E-state index in [1.54, 1.807) is 17.7 Å². The van der Waals surface area contributed by atoms with E-state index in [4.69, 9.17) is 0 Å². The van der Waals surface area contributed by atoms with E-state index in [0.29, 0.717) is 0 Å². The molecule has 2 heterocycles. The first-order valence-electron chi connectivity index (χ1n) is 5.43. The highest BCUT2D eigenvalue weighted by Crippen LogP contribution is 2.23. The van der Waals surface area contributed by atoms with Crippen LogP contribution in [0.5, 0.6) is 0 Å². The highest BCUT2D eigenvalue weighted by molar-refractivity contribution is 7.15. The van der Waals surface area contributed by atoms with Crippen molar-refractivity contribution in [2.75, 3.05) is 6.54 Å². The van der Waals surface area contributed by atoms with Crippen LogP contribution in [0, 0.1) is 0 Å². The van der Waals surface area contributed by atoms with Crippen molar-refractivity contribution < 1.29 is 0 Å². The van der Waals surface area contributed by atoms with E-state index in [-0.39, 0.29) is 0 Å². The van der Waals surface area contributed by atoms with Gasteiger partial charge in [-0.15, -0.1) is 11.3 Å². The van der Waals surface area contributed by atoms with Crippen molar-refractivity contribution >= 4 is 11.3 Å². The highest BCUT2D eigenvalue weighted by Gasteiger charge is 2.07. The van der Waals surface area contributed by atoms with Crippen LogP contribution in [0.2, 0.25) is 0 Å². The van der Waals surface area contributed by atoms with Gasteiger partial charge in [0.25, 0.3) is 0 Å². The van der Waals surface area contributed by atoms with Crippen molar-refractivity contribution in [1.82, 2.24) is 19.9 Å². The second-order valence-electron chi connectivity index (χ2n) is 3.70. The minimum atomic E-state index is 0.906. The van der Waals surface area contributed by atoms with Crippen LogP contribution in [0.3, 0.4) is 0 Å². The number of rotatable bonds is 5. The monoisotopic (exact) mass is 236 g/mol. The number of hydrogen-bond donors (Lipinski definition) is 1. The van der Waals surface area contributed by atoms with Gasteiger partial charge in [0.05, 0.1) is 18.2 Å². The lowest BCUT2D eigenvalue weighted by Gasteiger charge is -1.98. The predicted octanol–water partition coefficient (Wildman–Crippen LogP) is 2.04. The van der Waals surface area contributed by atoms with Gasteiger partial charge in [0.15, 0.2) is 0 Å². The lowest BCUT2D eigenvalue weighted by Crippen LogP contribution is -2.12. The van der Waals surface area contributed by atoms with Crippen LogP contribution in [0.25, 0.3) is 10.7 Å². The van der Waals surface area contributed by atoms with E-state index >= 15 is 0 Å². The summed E-state index contributed by atoms with van der Waals surface area (Å²) in [5, 5.41) is 4.41. The standard InChI is InChI=1S/C11H16N4S/c1-3-4-12-5-9-6-14-11(16-9)10-7-13-8-15(10)2/h6-8,12H,3-5H2,1-2H3. The third-order valence-electron chi connectivity index (χ3n) is 2.32. The number of nitrogens with one attached hydrogen (secondary N) is 1. The summed E-state index contributed by atoms with van der Waals surface area (Å²) in [5.41, 5.74) is 1.08. The minimum Gasteiger partial charge on any atom is -0.332 e. The van der Waals surface area contributed by atoms with Crippen LogP contribution in [0.1, 0.15) is 18.2 Å². The maximum atomic E-state index is 4.42. The maximum Gasteiger partial charge on any atom is 0.141 e. The SMILES string of the molecule is CCCNCc1cnc(-c2cncn2C)s1. The molecule has 0 spiro atoms. The van der Waals surface area contributed by atoms with E-state index in [1.165, 1.54) is 4.88 Å². The Hall–Kier alpha value is -1.20. The van der Waals surface area contributed by atoms with Gasteiger partial charge in [-0.2, -0.15) is 0 Å². The van der Waals surface area contributed by atoms with Gasteiger partial charge in [-0.3, -0.25) is 0 Å². The summed E-state index contributed by atoms with van der Waals surface area (Å²) in [4.78, 5) is 9.78. The molecule has 0 bridgehead atoms. The van der Waals surface area contributed by atoms with Crippen molar-refractivity contribution in [2.24, 2.45) is 7.05 Å². The number of thiazole rings is 1. The highest BCUT2D eigenvalue weighted by atomic mass is 32.1. The van der Waals surface area contributed by atoms with Crippen molar-refractivity contribution in [3.63, 3.8) is 0 Å². The molecule has 0 unspecified atom stereocenters. The largest absolute Gasteiger partial charge is 0.332 e. The second-order valence-corrected chi connectivity index (χ2v) is 4.81. The van der Waals surface area contributed by atoms with Crippen molar-refractivity contribution in [3.8, 4) is 10.7 Å². The molecule has 0 amide bonds. The molecule has 0 fully saturated rings. The predicted molar refractivity (Wildman–Crippen MR) is 66.3 cm³/mol. The molecule has 2 aromatic heterocycles. The Morgan fingerprint density at radius 1 is 1.44 bits per heavy atom. The zero-order chi connectivity index (χ0) is 11.4. The summed E-state index contributed by atoms with van der Waals surface area (Å²) in [5.74, 6) is 0. The Labute approximate surface area is 99.4 Å². The van der Waals surface area contributed by atoms with Crippen LogP contribution in [0.4, 0.5) is 0 Å². The third-order valence-corrected chi connectivity index (χ3v) is 3.34. The molecule has 5 heteroatoms. The zero-order valence-electron chi connectivity index (χ0n) is 9.60. The van der Waals surface area contributed by atoms with Gasteiger partial charge >= 0.3 is 0 Å². The maximum absolute atomic E-state index is 4.42. The first-order valence-corrected chi connectivity index (χ1v) is 6.25. The molecule has 4 nitrogen and oxygen atoms in total. The van der Waals surface area contributed by atoms with Gasteiger partial charge in [-0.1, -0.05) is 6.92 Å². The molecular formula is C11H16N4S. The van der Waals surface area contributed by atoms with Gasteiger partial charge in [0.1, 0.15) is 5.01 Å². The number of aryl methyl sites for hydroxylation is 1. The molecule has 86 valence electrons. The lowest BCUT2D eigenvalue weighted by atomic mass is 10.4. The van der Waals surface area contributed by atoms with Crippen molar-refractivity contribution in [1.29, 1.82) is 0 Å². The smallest absolute Gasteiger partial charge is 0.141 e.